The van der Waals surface area contributed by atoms with Crippen LogP contribution in [0.25, 0.3) is 0 Å². The van der Waals surface area contributed by atoms with Gasteiger partial charge in [-0.15, -0.1) is 0 Å². The van der Waals surface area contributed by atoms with Crippen molar-refractivity contribution < 1.29 is 9.47 Å². The third-order valence-corrected chi connectivity index (χ3v) is 4.58. The summed E-state index contributed by atoms with van der Waals surface area (Å²) in [5.41, 5.74) is 1.13. The quantitative estimate of drug-likeness (QED) is 0.315. The number of nitrogens with zero attached hydrogens (tertiary/aromatic N) is 2. The molecule has 0 aromatic heterocycles. The topological polar surface area (TPSA) is 58.1 Å². The highest BCUT2D eigenvalue weighted by atomic mass is 16.5. The van der Waals surface area contributed by atoms with Crippen LogP contribution in [0.15, 0.2) is 29.3 Å². The van der Waals surface area contributed by atoms with Crippen LogP contribution in [-0.4, -0.2) is 64.4 Å². The molecule has 0 aliphatic heterocycles. The average molecular weight is 377 g/mol. The van der Waals surface area contributed by atoms with E-state index in [1.165, 1.54) is 12.8 Å². The van der Waals surface area contributed by atoms with Gasteiger partial charge in [0.25, 0.3) is 0 Å². The van der Waals surface area contributed by atoms with Gasteiger partial charge < -0.3 is 25.0 Å². The number of para-hydroxylation sites is 1. The van der Waals surface area contributed by atoms with Gasteiger partial charge in [0.2, 0.25) is 0 Å². The molecule has 0 unspecified atom stereocenters. The van der Waals surface area contributed by atoms with E-state index in [2.05, 4.69) is 35.6 Å². The fraction of sp³-hybridized carbons (Fsp3) is 0.667. The van der Waals surface area contributed by atoms with E-state index in [9.17, 15) is 0 Å². The van der Waals surface area contributed by atoms with Crippen molar-refractivity contribution in [3.05, 3.63) is 29.8 Å². The van der Waals surface area contributed by atoms with E-state index in [1.807, 2.05) is 18.2 Å². The van der Waals surface area contributed by atoms with Crippen LogP contribution in [0.2, 0.25) is 0 Å². The van der Waals surface area contributed by atoms with Gasteiger partial charge in [0.05, 0.1) is 19.8 Å². The Morgan fingerprint density at radius 3 is 2.78 bits per heavy atom. The lowest BCUT2D eigenvalue weighted by molar-refractivity contribution is 0.161. The Kier molecular flexibility index (Phi) is 10.0. The second-order valence-electron chi connectivity index (χ2n) is 7.13. The van der Waals surface area contributed by atoms with Crippen LogP contribution >= 0.6 is 0 Å². The Morgan fingerprint density at radius 2 is 2.04 bits per heavy atom. The highest BCUT2D eigenvalue weighted by Crippen LogP contribution is 2.30. The zero-order valence-corrected chi connectivity index (χ0v) is 17.2. The van der Waals surface area contributed by atoms with Crippen LogP contribution in [0.5, 0.6) is 5.75 Å². The number of benzene rings is 1. The molecule has 27 heavy (non-hydrogen) atoms. The molecule has 2 N–H and O–H groups in total. The second-order valence-corrected chi connectivity index (χ2v) is 7.13. The molecular formula is C21H36N4O2. The van der Waals surface area contributed by atoms with E-state index >= 15 is 0 Å². The number of nitrogens with one attached hydrogen (secondary N) is 2. The molecule has 0 bridgehead atoms. The summed E-state index contributed by atoms with van der Waals surface area (Å²) in [4.78, 5) is 7.01. The smallest absolute Gasteiger partial charge is 0.191 e. The average Bonchev–Trinajstić information content (AvgIpc) is 3.51. The van der Waals surface area contributed by atoms with Gasteiger partial charge in [-0.2, -0.15) is 0 Å². The Balaban J connectivity index is 1.78. The van der Waals surface area contributed by atoms with Crippen LogP contribution in [0.1, 0.15) is 31.7 Å². The molecule has 152 valence electrons. The molecular weight excluding hydrogens is 340 g/mol. The van der Waals surface area contributed by atoms with Crippen molar-refractivity contribution in [2.75, 3.05) is 53.6 Å². The van der Waals surface area contributed by atoms with Crippen LogP contribution in [0.3, 0.4) is 0 Å². The number of methoxy groups -OCH3 is 1. The maximum Gasteiger partial charge on any atom is 0.191 e. The van der Waals surface area contributed by atoms with Gasteiger partial charge in [0.15, 0.2) is 5.96 Å². The molecule has 0 heterocycles. The number of likely N-dealkylation sites (N-methyl/N-ethyl adjacent to an activating group) is 1. The number of hydrogen-bond acceptors (Lipinski definition) is 4. The minimum Gasteiger partial charge on any atom is -0.493 e. The van der Waals surface area contributed by atoms with Crippen LogP contribution in [0, 0.1) is 5.92 Å². The van der Waals surface area contributed by atoms with Crippen LogP contribution < -0.4 is 15.4 Å². The standard InChI is InChI=1S/C21H36N4O2/c1-4-22-21(23-12-7-13-25(2)14-15-26-3)24-16-19-8-5-6-9-20(19)27-17-18-10-11-18/h5-6,8-9,18H,4,7,10-17H2,1-3H3,(H2,22,23,24). The summed E-state index contributed by atoms with van der Waals surface area (Å²) in [6.07, 6.45) is 3.66. The molecule has 6 heteroatoms. The van der Waals surface area contributed by atoms with Crippen molar-refractivity contribution in [1.29, 1.82) is 0 Å². The fourth-order valence-corrected chi connectivity index (χ4v) is 2.69. The molecule has 1 aliphatic carbocycles. The molecule has 1 aromatic carbocycles. The first-order valence-electron chi connectivity index (χ1n) is 10.1. The van der Waals surface area contributed by atoms with Crippen molar-refractivity contribution in [3.8, 4) is 5.75 Å². The highest BCUT2D eigenvalue weighted by molar-refractivity contribution is 5.79. The lowest BCUT2D eigenvalue weighted by Gasteiger charge is -2.17. The Hall–Kier alpha value is -1.79. The number of aliphatic imine (C=N–C) groups is 1. The van der Waals surface area contributed by atoms with Crippen molar-refractivity contribution in [2.24, 2.45) is 10.9 Å². The molecule has 6 nitrogen and oxygen atoms in total. The zero-order valence-electron chi connectivity index (χ0n) is 17.2. The first-order valence-corrected chi connectivity index (χ1v) is 10.1. The molecule has 2 rings (SSSR count). The number of ether oxygens (including phenoxy) is 2. The van der Waals surface area contributed by atoms with Crippen molar-refractivity contribution in [1.82, 2.24) is 15.5 Å². The van der Waals surface area contributed by atoms with Gasteiger partial charge in [0.1, 0.15) is 5.75 Å². The van der Waals surface area contributed by atoms with Crippen molar-refractivity contribution in [2.45, 2.75) is 32.7 Å². The third kappa shape index (κ3) is 9.11. The predicted octanol–water partition coefficient (Wildman–Crippen LogP) is 2.50. The summed E-state index contributed by atoms with van der Waals surface area (Å²) in [5, 5.41) is 6.74. The predicted molar refractivity (Wildman–Crippen MR) is 111 cm³/mol. The van der Waals surface area contributed by atoms with Gasteiger partial charge in [-0.25, -0.2) is 4.99 Å². The van der Waals surface area contributed by atoms with E-state index < -0.39 is 0 Å². The van der Waals surface area contributed by atoms with Crippen LogP contribution in [0.4, 0.5) is 0 Å². The molecule has 1 aromatic rings. The summed E-state index contributed by atoms with van der Waals surface area (Å²) < 4.78 is 11.1. The summed E-state index contributed by atoms with van der Waals surface area (Å²) in [6, 6.07) is 8.22. The van der Waals surface area contributed by atoms with Gasteiger partial charge in [-0.3, -0.25) is 0 Å². The van der Waals surface area contributed by atoms with Gasteiger partial charge >= 0.3 is 0 Å². The number of rotatable bonds is 13. The molecule has 0 spiro atoms. The van der Waals surface area contributed by atoms with E-state index in [0.717, 1.165) is 69.0 Å². The molecule has 0 radical (unpaired) electrons. The zero-order chi connectivity index (χ0) is 19.3. The Labute approximate surface area is 164 Å². The van der Waals surface area contributed by atoms with E-state index in [0.29, 0.717) is 6.54 Å². The summed E-state index contributed by atoms with van der Waals surface area (Å²) >= 11 is 0. The summed E-state index contributed by atoms with van der Waals surface area (Å²) in [6.45, 7) is 8.04. The number of hydrogen-bond donors (Lipinski definition) is 2. The molecule has 1 fully saturated rings. The molecule has 0 atom stereocenters. The third-order valence-electron chi connectivity index (χ3n) is 4.58. The Bertz CT molecular complexity index is 561. The fourth-order valence-electron chi connectivity index (χ4n) is 2.69. The maximum atomic E-state index is 5.98. The lowest BCUT2D eigenvalue weighted by atomic mass is 10.2. The molecule has 0 amide bonds. The van der Waals surface area contributed by atoms with Crippen LogP contribution in [-0.2, 0) is 11.3 Å². The minimum atomic E-state index is 0.615. The van der Waals surface area contributed by atoms with E-state index in [1.54, 1.807) is 7.11 Å². The SMILES string of the molecule is CCNC(=NCc1ccccc1OCC1CC1)NCCCN(C)CCOC. The second kappa shape index (κ2) is 12.6. The van der Waals surface area contributed by atoms with E-state index in [-0.39, 0.29) is 0 Å². The van der Waals surface area contributed by atoms with Crippen molar-refractivity contribution in [3.63, 3.8) is 0 Å². The summed E-state index contributed by atoms with van der Waals surface area (Å²) in [5.74, 6) is 2.57. The van der Waals surface area contributed by atoms with E-state index in [4.69, 9.17) is 14.5 Å². The monoisotopic (exact) mass is 376 g/mol. The first kappa shape index (κ1) is 21.5. The van der Waals surface area contributed by atoms with Crippen molar-refractivity contribution >= 4 is 5.96 Å². The highest BCUT2D eigenvalue weighted by Gasteiger charge is 2.22. The number of guanidine groups is 1. The first-order chi connectivity index (χ1) is 13.2. The van der Waals surface area contributed by atoms with Gasteiger partial charge in [0, 0.05) is 32.3 Å². The lowest BCUT2D eigenvalue weighted by Crippen LogP contribution is -2.38. The minimum absolute atomic E-state index is 0.615. The molecule has 1 aliphatic rings. The van der Waals surface area contributed by atoms with Gasteiger partial charge in [-0.05, 0) is 51.8 Å². The largest absolute Gasteiger partial charge is 0.493 e. The summed E-state index contributed by atoms with van der Waals surface area (Å²) in [7, 11) is 3.86. The molecule has 1 saturated carbocycles. The Morgan fingerprint density at radius 1 is 1.22 bits per heavy atom. The normalized spacial score (nSPS) is 14.4. The maximum absolute atomic E-state index is 5.98. The van der Waals surface area contributed by atoms with Gasteiger partial charge in [-0.1, -0.05) is 18.2 Å². The molecule has 0 saturated heterocycles.